The Kier molecular flexibility index (Phi) is 11.1. The molecular weight excluding hydrogens is 451 g/mol. The topological polar surface area (TPSA) is 48.9 Å². The van der Waals surface area contributed by atoms with E-state index in [0.29, 0.717) is 19.2 Å². The van der Waals surface area contributed by atoms with Gasteiger partial charge in [0, 0.05) is 44.8 Å². The van der Waals surface area contributed by atoms with Crippen LogP contribution in [0.2, 0.25) is 0 Å². The number of aliphatic imine (C=N–C) groups is 1. The predicted molar refractivity (Wildman–Crippen MR) is 125 cm³/mol. The van der Waals surface area contributed by atoms with Crippen LogP contribution in [0.15, 0.2) is 54.1 Å². The molecule has 6 heteroatoms. The van der Waals surface area contributed by atoms with Gasteiger partial charge in [-0.15, -0.1) is 24.0 Å². The number of guanidine groups is 1. The van der Waals surface area contributed by atoms with Crippen LogP contribution in [0, 0.1) is 0 Å². The van der Waals surface area contributed by atoms with E-state index in [9.17, 15) is 0 Å². The highest BCUT2D eigenvalue weighted by molar-refractivity contribution is 14.0. The molecule has 0 atom stereocenters. The fourth-order valence-electron chi connectivity index (χ4n) is 3.12. The Bertz CT molecular complexity index is 624. The molecule has 1 aromatic carbocycles. The van der Waals surface area contributed by atoms with E-state index in [1.165, 1.54) is 5.57 Å². The molecule has 5 nitrogen and oxygen atoms in total. The molecule has 0 unspecified atom stereocenters. The summed E-state index contributed by atoms with van der Waals surface area (Å²) >= 11 is 0. The maximum Gasteiger partial charge on any atom is 0.191 e. The zero-order valence-electron chi connectivity index (χ0n) is 16.5. The number of nitrogens with one attached hydrogen (secondary N) is 2. The molecule has 0 spiro atoms. The Morgan fingerprint density at radius 1 is 1.33 bits per heavy atom. The minimum atomic E-state index is 0. The normalized spacial score (nSPS) is 15.6. The van der Waals surface area contributed by atoms with E-state index in [1.807, 2.05) is 25.2 Å². The Hall–Kier alpha value is -1.54. The lowest BCUT2D eigenvalue weighted by Gasteiger charge is -2.33. The zero-order valence-corrected chi connectivity index (χ0v) is 18.9. The van der Waals surface area contributed by atoms with Crippen LogP contribution in [-0.2, 0) is 6.54 Å². The number of likely N-dealkylation sites (tertiary alicyclic amines) is 1. The lowest BCUT2D eigenvalue weighted by atomic mass is 10.0. The van der Waals surface area contributed by atoms with E-state index in [1.54, 1.807) is 6.08 Å². The van der Waals surface area contributed by atoms with Gasteiger partial charge >= 0.3 is 0 Å². The van der Waals surface area contributed by atoms with Gasteiger partial charge in [-0.1, -0.05) is 43.0 Å². The van der Waals surface area contributed by atoms with Crippen LogP contribution in [0.4, 0.5) is 0 Å². The molecule has 27 heavy (non-hydrogen) atoms. The molecule has 1 fully saturated rings. The Balaban J connectivity index is 0.00000364. The summed E-state index contributed by atoms with van der Waals surface area (Å²) < 4.78 is 5.71. The third kappa shape index (κ3) is 8.34. The molecule has 0 aromatic heterocycles. The maximum absolute atomic E-state index is 5.71. The lowest BCUT2D eigenvalue weighted by Crippen LogP contribution is -2.48. The summed E-state index contributed by atoms with van der Waals surface area (Å²) in [4.78, 5) is 6.83. The van der Waals surface area contributed by atoms with Gasteiger partial charge in [-0.25, -0.2) is 0 Å². The summed E-state index contributed by atoms with van der Waals surface area (Å²) in [5.74, 6) is 1.71. The molecule has 0 saturated carbocycles. The Labute approximate surface area is 181 Å². The third-order valence-corrected chi connectivity index (χ3v) is 4.42. The van der Waals surface area contributed by atoms with Gasteiger partial charge in [0.05, 0.1) is 0 Å². The van der Waals surface area contributed by atoms with Crippen molar-refractivity contribution in [3.63, 3.8) is 0 Å². The number of ether oxygens (including phenoxy) is 1. The van der Waals surface area contributed by atoms with Gasteiger partial charge in [0.15, 0.2) is 5.96 Å². The second-order valence-electron chi connectivity index (χ2n) is 6.79. The van der Waals surface area contributed by atoms with Gasteiger partial charge < -0.3 is 15.4 Å². The number of halogens is 1. The molecule has 1 aliphatic rings. The fraction of sp³-hybridized carbons (Fsp3) is 0.476. The first-order chi connectivity index (χ1) is 12.6. The average Bonchev–Trinajstić information content (AvgIpc) is 2.65. The van der Waals surface area contributed by atoms with Crippen LogP contribution < -0.4 is 15.4 Å². The minimum absolute atomic E-state index is 0. The molecule has 0 bridgehead atoms. The van der Waals surface area contributed by atoms with Gasteiger partial charge in [0.1, 0.15) is 12.4 Å². The van der Waals surface area contributed by atoms with Crippen molar-refractivity contribution in [3.05, 3.63) is 54.6 Å². The second-order valence-corrected chi connectivity index (χ2v) is 6.79. The van der Waals surface area contributed by atoms with Crippen molar-refractivity contribution < 1.29 is 4.74 Å². The van der Waals surface area contributed by atoms with Crippen LogP contribution in [0.3, 0.4) is 0 Å². The van der Waals surface area contributed by atoms with Crippen LogP contribution in [0.1, 0.15) is 25.3 Å². The highest BCUT2D eigenvalue weighted by Gasteiger charge is 2.19. The summed E-state index contributed by atoms with van der Waals surface area (Å²) in [5, 5.41) is 6.94. The number of piperidine rings is 1. The minimum Gasteiger partial charge on any atom is -0.489 e. The Morgan fingerprint density at radius 3 is 2.67 bits per heavy atom. The summed E-state index contributed by atoms with van der Waals surface area (Å²) in [5.41, 5.74) is 2.33. The van der Waals surface area contributed by atoms with Crippen LogP contribution in [-0.4, -0.2) is 50.2 Å². The van der Waals surface area contributed by atoms with E-state index in [4.69, 9.17) is 4.74 Å². The number of para-hydroxylation sites is 1. The summed E-state index contributed by atoms with van der Waals surface area (Å²) in [6.45, 7) is 14.2. The highest BCUT2D eigenvalue weighted by atomic mass is 127. The van der Waals surface area contributed by atoms with Crippen LogP contribution >= 0.6 is 24.0 Å². The first kappa shape index (κ1) is 23.5. The molecule has 0 radical (unpaired) electrons. The van der Waals surface area contributed by atoms with Gasteiger partial charge in [-0.3, -0.25) is 9.89 Å². The SMILES string of the molecule is C=CCOc1ccccc1CNC(=NC)NC1CCN(CC(=C)C)CC1.I. The van der Waals surface area contributed by atoms with Crippen molar-refractivity contribution in [2.24, 2.45) is 4.99 Å². The van der Waals surface area contributed by atoms with E-state index in [2.05, 4.69) is 46.7 Å². The molecule has 0 amide bonds. The monoisotopic (exact) mass is 484 g/mol. The molecule has 1 aromatic rings. The van der Waals surface area contributed by atoms with Gasteiger partial charge in [0.25, 0.3) is 0 Å². The van der Waals surface area contributed by atoms with Gasteiger partial charge in [-0.05, 0) is 25.8 Å². The Morgan fingerprint density at radius 2 is 2.04 bits per heavy atom. The summed E-state index contributed by atoms with van der Waals surface area (Å²) in [6.07, 6.45) is 3.99. The van der Waals surface area contributed by atoms with E-state index in [-0.39, 0.29) is 24.0 Å². The van der Waals surface area contributed by atoms with E-state index in [0.717, 1.165) is 49.7 Å². The van der Waals surface area contributed by atoms with Crippen molar-refractivity contribution in [3.8, 4) is 5.75 Å². The van der Waals surface area contributed by atoms with Crippen LogP contribution in [0.5, 0.6) is 5.75 Å². The van der Waals surface area contributed by atoms with Crippen molar-refractivity contribution in [1.29, 1.82) is 0 Å². The number of hydrogen-bond acceptors (Lipinski definition) is 3. The van der Waals surface area contributed by atoms with Crippen molar-refractivity contribution in [2.45, 2.75) is 32.4 Å². The average molecular weight is 484 g/mol. The first-order valence-electron chi connectivity index (χ1n) is 9.28. The molecule has 150 valence electrons. The number of hydrogen-bond donors (Lipinski definition) is 2. The summed E-state index contributed by atoms with van der Waals surface area (Å²) in [6, 6.07) is 8.50. The maximum atomic E-state index is 5.71. The molecular formula is C21H33IN4O. The standard InChI is InChI=1S/C21H32N4O.HI/c1-5-14-26-20-9-7-6-8-18(20)15-23-21(22-4)24-19-10-12-25(13-11-19)16-17(2)3;/h5-9,19H,1-2,10-16H2,3-4H3,(H2,22,23,24);1H. The van der Waals surface area contributed by atoms with Crippen molar-refractivity contribution >= 4 is 29.9 Å². The van der Waals surface area contributed by atoms with E-state index >= 15 is 0 Å². The number of nitrogens with zero attached hydrogens (tertiary/aromatic N) is 2. The van der Waals surface area contributed by atoms with Gasteiger partial charge in [-0.2, -0.15) is 0 Å². The highest BCUT2D eigenvalue weighted by Crippen LogP contribution is 2.17. The zero-order chi connectivity index (χ0) is 18.8. The van der Waals surface area contributed by atoms with Crippen LogP contribution in [0.25, 0.3) is 0 Å². The molecule has 1 saturated heterocycles. The number of rotatable bonds is 8. The van der Waals surface area contributed by atoms with Crippen molar-refractivity contribution in [1.82, 2.24) is 15.5 Å². The molecule has 2 N–H and O–H groups in total. The largest absolute Gasteiger partial charge is 0.489 e. The fourth-order valence-corrected chi connectivity index (χ4v) is 3.12. The molecule has 1 heterocycles. The predicted octanol–water partition coefficient (Wildman–Crippen LogP) is 3.57. The molecule has 0 aliphatic carbocycles. The van der Waals surface area contributed by atoms with E-state index < -0.39 is 0 Å². The third-order valence-electron chi connectivity index (χ3n) is 4.42. The second kappa shape index (κ2) is 12.8. The van der Waals surface area contributed by atoms with Crippen molar-refractivity contribution in [2.75, 3.05) is 33.3 Å². The number of benzene rings is 1. The smallest absolute Gasteiger partial charge is 0.191 e. The first-order valence-corrected chi connectivity index (χ1v) is 9.28. The molecule has 2 rings (SSSR count). The summed E-state index contributed by atoms with van der Waals surface area (Å²) in [7, 11) is 1.81. The molecule has 1 aliphatic heterocycles. The lowest BCUT2D eigenvalue weighted by molar-refractivity contribution is 0.221. The van der Waals surface area contributed by atoms with Gasteiger partial charge in [0.2, 0.25) is 0 Å². The quantitative estimate of drug-likeness (QED) is 0.257.